The van der Waals surface area contributed by atoms with Crippen LogP contribution in [0, 0.1) is 0 Å². The van der Waals surface area contributed by atoms with E-state index >= 15 is 0 Å². The number of nitrogens with one attached hydrogen (secondary N) is 1. The Bertz CT molecular complexity index is 651. The Balaban J connectivity index is 2.25. The predicted molar refractivity (Wildman–Crippen MR) is 64.3 cm³/mol. The maximum Gasteiger partial charge on any atom is 0.387 e. The first-order valence-corrected chi connectivity index (χ1v) is 5.48. The van der Waals surface area contributed by atoms with Crippen LogP contribution >= 0.6 is 0 Å². The van der Waals surface area contributed by atoms with E-state index in [9.17, 15) is 18.4 Å². The number of ketones is 1. The molecule has 0 amide bonds. The van der Waals surface area contributed by atoms with Gasteiger partial charge in [0.1, 0.15) is 11.4 Å². The topological polar surface area (TPSA) is 79.4 Å². The van der Waals surface area contributed by atoms with Gasteiger partial charge in [-0.15, -0.1) is 0 Å². The van der Waals surface area contributed by atoms with E-state index in [4.69, 9.17) is 5.11 Å². The monoisotopic (exact) mass is 281 g/mol. The molecule has 5 nitrogen and oxygen atoms in total. The van der Waals surface area contributed by atoms with Gasteiger partial charge in [0.2, 0.25) is 0 Å². The van der Waals surface area contributed by atoms with Crippen molar-refractivity contribution in [1.82, 2.24) is 4.98 Å². The minimum absolute atomic E-state index is 0.122. The molecule has 0 unspecified atom stereocenters. The van der Waals surface area contributed by atoms with E-state index in [-0.39, 0.29) is 22.6 Å². The third-order valence-electron chi connectivity index (χ3n) is 2.50. The molecule has 0 spiro atoms. The summed E-state index contributed by atoms with van der Waals surface area (Å²) in [6.07, 6.45) is 1.24. The van der Waals surface area contributed by atoms with Gasteiger partial charge in [0.15, 0.2) is 5.78 Å². The number of hydrogen-bond donors (Lipinski definition) is 2. The molecule has 0 fully saturated rings. The standard InChI is InChI=1S/C13H9F2NO4/c14-13(15)20-9-3-1-2-7(4-9)11(17)8-5-10(12(18)19)16-6-8/h1-6,13,16H,(H,18,19). The Kier molecular flexibility index (Phi) is 3.79. The quantitative estimate of drug-likeness (QED) is 0.825. The number of carbonyl (C=O) groups is 2. The van der Waals surface area contributed by atoms with Gasteiger partial charge in [-0.1, -0.05) is 12.1 Å². The van der Waals surface area contributed by atoms with Gasteiger partial charge in [-0.05, 0) is 18.2 Å². The fourth-order valence-corrected chi connectivity index (χ4v) is 1.63. The molecule has 0 aliphatic carbocycles. The third-order valence-corrected chi connectivity index (χ3v) is 2.50. The summed E-state index contributed by atoms with van der Waals surface area (Å²) in [5.41, 5.74) is 0.115. The number of hydrogen-bond acceptors (Lipinski definition) is 3. The molecule has 2 N–H and O–H groups in total. The van der Waals surface area contributed by atoms with E-state index in [1.54, 1.807) is 0 Å². The zero-order valence-electron chi connectivity index (χ0n) is 9.97. The molecule has 0 atom stereocenters. The summed E-state index contributed by atoms with van der Waals surface area (Å²) >= 11 is 0. The van der Waals surface area contributed by atoms with E-state index in [1.165, 1.54) is 36.5 Å². The van der Waals surface area contributed by atoms with Crippen molar-refractivity contribution in [3.63, 3.8) is 0 Å². The molecule has 7 heteroatoms. The SMILES string of the molecule is O=C(c1cccc(OC(F)F)c1)c1c[nH]c(C(=O)O)c1. The second-order valence-electron chi connectivity index (χ2n) is 3.84. The van der Waals surface area contributed by atoms with Crippen LogP contribution in [-0.4, -0.2) is 28.5 Å². The van der Waals surface area contributed by atoms with Crippen molar-refractivity contribution in [2.45, 2.75) is 6.61 Å². The molecule has 20 heavy (non-hydrogen) atoms. The van der Waals surface area contributed by atoms with E-state index in [0.717, 1.165) is 0 Å². The number of aromatic nitrogens is 1. The number of H-pyrrole nitrogens is 1. The largest absolute Gasteiger partial charge is 0.477 e. The molecular formula is C13H9F2NO4. The molecule has 104 valence electrons. The number of alkyl halides is 2. The number of ether oxygens (including phenoxy) is 1. The van der Waals surface area contributed by atoms with Crippen LogP contribution < -0.4 is 4.74 Å². The fourth-order valence-electron chi connectivity index (χ4n) is 1.63. The minimum atomic E-state index is -2.98. The Labute approximate surface area is 111 Å². The van der Waals surface area contributed by atoms with Gasteiger partial charge < -0.3 is 14.8 Å². The molecule has 0 aliphatic heterocycles. The normalized spacial score (nSPS) is 10.6. The average molecular weight is 281 g/mol. The van der Waals surface area contributed by atoms with Gasteiger partial charge in [0.25, 0.3) is 0 Å². The lowest BCUT2D eigenvalue weighted by Crippen LogP contribution is -2.04. The molecule has 1 aromatic heterocycles. The van der Waals surface area contributed by atoms with Gasteiger partial charge in [0.05, 0.1) is 0 Å². The van der Waals surface area contributed by atoms with Crippen LogP contribution in [0.3, 0.4) is 0 Å². The van der Waals surface area contributed by atoms with Crippen LogP contribution in [0.15, 0.2) is 36.5 Å². The molecule has 0 aliphatic rings. The van der Waals surface area contributed by atoms with Gasteiger partial charge in [-0.2, -0.15) is 8.78 Å². The molecule has 2 rings (SSSR count). The van der Waals surface area contributed by atoms with Crippen molar-refractivity contribution in [3.05, 3.63) is 53.3 Å². The predicted octanol–water partition coefficient (Wildman–Crippen LogP) is 2.55. The van der Waals surface area contributed by atoms with Crippen molar-refractivity contribution in [2.24, 2.45) is 0 Å². The van der Waals surface area contributed by atoms with Crippen molar-refractivity contribution >= 4 is 11.8 Å². The third kappa shape index (κ3) is 3.00. The second-order valence-corrected chi connectivity index (χ2v) is 3.84. The average Bonchev–Trinajstić information content (AvgIpc) is 2.87. The van der Waals surface area contributed by atoms with Crippen LogP contribution in [0.4, 0.5) is 8.78 Å². The first kappa shape index (κ1) is 13.7. The van der Waals surface area contributed by atoms with Crippen molar-refractivity contribution in [2.75, 3.05) is 0 Å². The smallest absolute Gasteiger partial charge is 0.387 e. The lowest BCUT2D eigenvalue weighted by atomic mass is 10.1. The van der Waals surface area contributed by atoms with E-state index in [0.29, 0.717) is 0 Å². The zero-order valence-corrected chi connectivity index (χ0v) is 9.97. The highest BCUT2D eigenvalue weighted by Crippen LogP contribution is 2.19. The Morgan fingerprint density at radius 1 is 1.20 bits per heavy atom. The van der Waals surface area contributed by atoms with Crippen LogP contribution in [0.1, 0.15) is 26.4 Å². The van der Waals surface area contributed by atoms with Gasteiger partial charge in [-0.3, -0.25) is 4.79 Å². The maximum atomic E-state index is 12.1. The second kappa shape index (κ2) is 5.52. The molecule has 2 aromatic rings. The number of carboxylic acid groups (broad SMARTS) is 1. The summed E-state index contributed by atoms with van der Waals surface area (Å²) in [5.74, 6) is -1.83. The zero-order chi connectivity index (χ0) is 14.7. The summed E-state index contributed by atoms with van der Waals surface area (Å²) in [4.78, 5) is 25.2. The summed E-state index contributed by atoms with van der Waals surface area (Å²) in [6.45, 7) is -2.98. The van der Waals surface area contributed by atoms with E-state index in [2.05, 4.69) is 9.72 Å². The van der Waals surface area contributed by atoms with Gasteiger partial charge in [0, 0.05) is 17.3 Å². The maximum absolute atomic E-state index is 12.1. The van der Waals surface area contributed by atoms with Crippen LogP contribution in [-0.2, 0) is 0 Å². The summed E-state index contributed by atoms with van der Waals surface area (Å²) in [5, 5.41) is 8.75. The number of aromatic carboxylic acids is 1. The number of rotatable bonds is 5. The summed E-state index contributed by atoms with van der Waals surface area (Å²) in [7, 11) is 0. The Morgan fingerprint density at radius 3 is 2.55 bits per heavy atom. The number of carbonyl (C=O) groups excluding carboxylic acids is 1. The highest BCUT2D eigenvalue weighted by atomic mass is 19.3. The number of benzene rings is 1. The first-order chi connectivity index (χ1) is 9.47. The Hall–Kier alpha value is -2.70. The fraction of sp³-hybridized carbons (Fsp3) is 0.0769. The minimum Gasteiger partial charge on any atom is -0.477 e. The summed E-state index contributed by atoms with van der Waals surface area (Å²) < 4.78 is 28.4. The molecule has 0 saturated carbocycles. The van der Waals surface area contributed by atoms with Gasteiger partial charge in [-0.25, -0.2) is 4.79 Å². The molecule has 1 heterocycles. The highest BCUT2D eigenvalue weighted by molar-refractivity contribution is 6.10. The lowest BCUT2D eigenvalue weighted by molar-refractivity contribution is -0.0498. The van der Waals surface area contributed by atoms with E-state index < -0.39 is 18.4 Å². The number of aromatic amines is 1. The van der Waals surface area contributed by atoms with Crippen molar-refractivity contribution in [1.29, 1.82) is 0 Å². The lowest BCUT2D eigenvalue weighted by Gasteiger charge is -2.05. The van der Waals surface area contributed by atoms with E-state index in [1.807, 2.05) is 0 Å². The van der Waals surface area contributed by atoms with Gasteiger partial charge >= 0.3 is 12.6 Å². The molecule has 0 bridgehead atoms. The molecular weight excluding hydrogens is 272 g/mol. The first-order valence-electron chi connectivity index (χ1n) is 5.48. The number of carboxylic acids is 1. The van der Waals surface area contributed by atoms with Crippen LogP contribution in [0.25, 0.3) is 0 Å². The van der Waals surface area contributed by atoms with Crippen LogP contribution in [0.5, 0.6) is 5.75 Å². The number of halogens is 2. The highest BCUT2D eigenvalue weighted by Gasteiger charge is 2.15. The van der Waals surface area contributed by atoms with Crippen LogP contribution in [0.2, 0.25) is 0 Å². The van der Waals surface area contributed by atoms with Crippen molar-refractivity contribution < 1.29 is 28.2 Å². The Morgan fingerprint density at radius 2 is 1.95 bits per heavy atom. The van der Waals surface area contributed by atoms with Crippen molar-refractivity contribution in [3.8, 4) is 5.75 Å². The molecule has 0 radical (unpaired) electrons. The molecule has 0 saturated heterocycles. The summed E-state index contributed by atoms with van der Waals surface area (Å²) in [6, 6.07) is 6.46. The molecule has 1 aromatic carbocycles.